The zero-order chi connectivity index (χ0) is 15.4. The van der Waals surface area contributed by atoms with Crippen LogP contribution < -0.4 is 10.2 Å². The van der Waals surface area contributed by atoms with E-state index in [-0.39, 0.29) is 18.7 Å². The van der Waals surface area contributed by atoms with E-state index in [1.165, 1.54) is 0 Å². The highest BCUT2D eigenvalue weighted by molar-refractivity contribution is 5.90. The van der Waals surface area contributed by atoms with Gasteiger partial charge in [0.05, 0.1) is 12.6 Å². The van der Waals surface area contributed by atoms with Crippen LogP contribution >= 0.6 is 0 Å². The molecule has 2 rings (SSSR count). The monoisotopic (exact) mass is 291 g/mol. The van der Waals surface area contributed by atoms with E-state index in [4.69, 9.17) is 0 Å². The Labute approximate surface area is 126 Å². The number of urea groups is 1. The van der Waals surface area contributed by atoms with Crippen LogP contribution in [-0.2, 0) is 0 Å². The molecule has 5 heteroatoms. The summed E-state index contributed by atoms with van der Waals surface area (Å²) in [6.45, 7) is 4.99. The number of rotatable bonds is 4. The molecule has 0 unspecified atom stereocenters. The summed E-state index contributed by atoms with van der Waals surface area (Å²) in [5.41, 5.74) is 1.86. The van der Waals surface area contributed by atoms with Crippen molar-refractivity contribution in [3.63, 3.8) is 0 Å². The van der Waals surface area contributed by atoms with Crippen LogP contribution in [-0.4, -0.2) is 48.3 Å². The van der Waals surface area contributed by atoms with Gasteiger partial charge in [0.2, 0.25) is 0 Å². The molecule has 1 aromatic rings. The fourth-order valence-electron chi connectivity index (χ4n) is 2.59. The fraction of sp³-hybridized carbons (Fsp3) is 0.562. The summed E-state index contributed by atoms with van der Waals surface area (Å²) in [7, 11) is 2.04. The smallest absolute Gasteiger partial charge is 0.322 e. The van der Waals surface area contributed by atoms with Gasteiger partial charge in [0.1, 0.15) is 0 Å². The van der Waals surface area contributed by atoms with Crippen LogP contribution in [0.15, 0.2) is 24.3 Å². The first-order valence-corrected chi connectivity index (χ1v) is 7.54. The second kappa shape index (κ2) is 6.80. The van der Waals surface area contributed by atoms with Crippen molar-refractivity contribution in [1.29, 1.82) is 0 Å². The first-order valence-electron chi connectivity index (χ1n) is 7.54. The number of anilines is 2. The normalized spacial score (nSPS) is 18.1. The van der Waals surface area contributed by atoms with Gasteiger partial charge in [-0.1, -0.05) is 6.07 Å². The number of aliphatic hydroxyl groups is 1. The Morgan fingerprint density at radius 1 is 1.52 bits per heavy atom. The van der Waals surface area contributed by atoms with Gasteiger partial charge in [-0.25, -0.2) is 4.79 Å². The van der Waals surface area contributed by atoms with Crippen molar-refractivity contribution < 1.29 is 9.90 Å². The summed E-state index contributed by atoms with van der Waals surface area (Å²) in [6, 6.07) is 8.05. The minimum atomic E-state index is -0.129. The van der Waals surface area contributed by atoms with Crippen LogP contribution in [0.2, 0.25) is 0 Å². The maximum absolute atomic E-state index is 12.3. The van der Waals surface area contributed by atoms with Gasteiger partial charge in [-0.15, -0.1) is 0 Å². The molecular formula is C16H25N3O2. The van der Waals surface area contributed by atoms with Gasteiger partial charge in [0, 0.05) is 31.0 Å². The highest BCUT2D eigenvalue weighted by Crippen LogP contribution is 2.22. The molecule has 0 aliphatic carbocycles. The van der Waals surface area contributed by atoms with Crippen LogP contribution in [0.4, 0.5) is 16.2 Å². The molecule has 2 amide bonds. The van der Waals surface area contributed by atoms with Crippen molar-refractivity contribution in [3.05, 3.63) is 24.3 Å². The first kappa shape index (κ1) is 15.6. The number of nitrogens with zero attached hydrogens (tertiary/aromatic N) is 2. The average molecular weight is 291 g/mol. The second-order valence-electron chi connectivity index (χ2n) is 5.86. The third-order valence-electron chi connectivity index (χ3n) is 4.13. The van der Waals surface area contributed by atoms with Crippen LogP contribution in [0.3, 0.4) is 0 Å². The number of amides is 2. The van der Waals surface area contributed by atoms with E-state index in [0.717, 1.165) is 24.2 Å². The van der Waals surface area contributed by atoms with Crippen LogP contribution in [0, 0.1) is 0 Å². The molecule has 5 nitrogen and oxygen atoms in total. The molecule has 1 saturated heterocycles. The Kier molecular flexibility index (Phi) is 5.07. The van der Waals surface area contributed by atoms with Crippen molar-refractivity contribution in [2.45, 2.75) is 38.8 Å². The Hall–Kier alpha value is -1.75. The standard InChI is InChI=1S/C16H25N3O2/c1-12(2)18(3)14-7-4-6-13(10-14)17-16(21)19-9-5-8-15(19)11-20/h4,6-7,10,12,15,20H,5,8-9,11H2,1-3H3,(H,17,21)/t15-/m0/s1. The van der Waals surface area contributed by atoms with Gasteiger partial charge in [-0.05, 0) is 44.9 Å². The van der Waals surface area contributed by atoms with Crippen LogP contribution in [0.25, 0.3) is 0 Å². The predicted octanol–water partition coefficient (Wildman–Crippen LogP) is 2.52. The van der Waals surface area contributed by atoms with E-state index < -0.39 is 0 Å². The SMILES string of the molecule is CC(C)N(C)c1cccc(NC(=O)N2CCC[C@H]2CO)c1. The number of carbonyl (C=O) groups excluding carboxylic acids is 1. The Morgan fingerprint density at radius 3 is 2.95 bits per heavy atom. The molecule has 0 spiro atoms. The number of benzene rings is 1. The zero-order valence-electron chi connectivity index (χ0n) is 13.0. The highest BCUT2D eigenvalue weighted by atomic mass is 16.3. The second-order valence-corrected chi connectivity index (χ2v) is 5.86. The Morgan fingerprint density at radius 2 is 2.29 bits per heavy atom. The lowest BCUT2D eigenvalue weighted by Crippen LogP contribution is -2.40. The van der Waals surface area contributed by atoms with E-state index in [1.807, 2.05) is 31.3 Å². The van der Waals surface area contributed by atoms with Crippen molar-refractivity contribution >= 4 is 17.4 Å². The lowest BCUT2D eigenvalue weighted by atomic mass is 10.2. The lowest BCUT2D eigenvalue weighted by Gasteiger charge is -2.25. The summed E-state index contributed by atoms with van der Waals surface area (Å²) < 4.78 is 0. The number of aliphatic hydroxyl groups excluding tert-OH is 1. The van der Waals surface area contributed by atoms with Gasteiger partial charge in [-0.3, -0.25) is 0 Å². The summed E-state index contributed by atoms with van der Waals surface area (Å²) in [4.78, 5) is 16.2. The van der Waals surface area contributed by atoms with Crippen molar-refractivity contribution in [2.24, 2.45) is 0 Å². The lowest BCUT2D eigenvalue weighted by molar-refractivity contribution is 0.166. The van der Waals surface area contributed by atoms with Crippen molar-refractivity contribution in [1.82, 2.24) is 4.90 Å². The number of likely N-dealkylation sites (tertiary alicyclic amines) is 1. The molecule has 1 fully saturated rings. The number of hydrogen-bond donors (Lipinski definition) is 2. The van der Waals surface area contributed by atoms with E-state index in [0.29, 0.717) is 12.6 Å². The van der Waals surface area contributed by atoms with E-state index in [9.17, 15) is 9.90 Å². The number of hydrogen-bond acceptors (Lipinski definition) is 3. The van der Waals surface area contributed by atoms with Gasteiger partial charge < -0.3 is 20.2 Å². The Balaban J connectivity index is 2.06. The van der Waals surface area contributed by atoms with Crippen LogP contribution in [0.1, 0.15) is 26.7 Å². The molecule has 0 aromatic heterocycles. The molecule has 1 atom stereocenters. The van der Waals surface area contributed by atoms with Gasteiger partial charge in [0.25, 0.3) is 0 Å². The molecule has 1 heterocycles. The quantitative estimate of drug-likeness (QED) is 0.896. The predicted molar refractivity (Wildman–Crippen MR) is 85.8 cm³/mol. The summed E-state index contributed by atoms with van der Waals surface area (Å²) in [5, 5.41) is 12.2. The maximum Gasteiger partial charge on any atom is 0.322 e. The summed E-state index contributed by atoms with van der Waals surface area (Å²) >= 11 is 0. The molecule has 1 aromatic carbocycles. The number of nitrogens with one attached hydrogen (secondary N) is 1. The van der Waals surface area contributed by atoms with Crippen molar-refractivity contribution in [2.75, 3.05) is 30.4 Å². The third kappa shape index (κ3) is 3.67. The fourth-order valence-corrected chi connectivity index (χ4v) is 2.59. The topological polar surface area (TPSA) is 55.8 Å². The number of carbonyl (C=O) groups is 1. The molecule has 1 aliphatic rings. The summed E-state index contributed by atoms with van der Waals surface area (Å²) in [5.74, 6) is 0. The van der Waals surface area contributed by atoms with E-state index in [2.05, 4.69) is 24.1 Å². The van der Waals surface area contributed by atoms with Gasteiger partial charge in [-0.2, -0.15) is 0 Å². The Bertz CT molecular complexity index is 490. The molecule has 0 radical (unpaired) electrons. The molecule has 1 aliphatic heterocycles. The molecule has 0 bridgehead atoms. The molecule has 21 heavy (non-hydrogen) atoms. The zero-order valence-corrected chi connectivity index (χ0v) is 13.0. The molecular weight excluding hydrogens is 266 g/mol. The van der Waals surface area contributed by atoms with E-state index >= 15 is 0 Å². The molecule has 2 N–H and O–H groups in total. The van der Waals surface area contributed by atoms with Crippen LogP contribution in [0.5, 0.6) is 0 Å². The first-order chi connectivity index (χ1) is 10.0. The minimum Gasteiger partial charge on any atom is -0.394 e. The molecule has 116 valence electrons. The van der Waals surface area contributed by atoms with Gasteiger partial charge in [0.15, 0.2) is 0 Å². The minimum absolute atomic E-state index is 0.0313. The summed E-state index contributed by atoms with van der Waals surface area (Å²) in [6.07, 6.45) is 1.83. The van der Waals surface area contributed by atoms with E-state index in [1.54, 1.807) is 4.90 Å². The average Bonchev–Trinajstić information content (AvgIpc) is 2.95. The molecule has 0 saturated carbocycles. The van der Waals surface area contributed by atoms with Gasteiger partial charge >= 0.3 is 6.03 Å². The van der Waals surface area contributed by atoms with Crippen molar-refractivity contribution in [3.8, 4) is 0 Å². The highest BCUT2D eigenvalue weighted by Gasteiger charge is 2.28. The maximum atomic E-state index is 12.3. The largest absolute Gasteiger partial charge is 0.394 e. The third-order valence-corrected chi connectivity index (χ3v) is 4.13.